The van der Waals surface area contributed by atoms with Crippen LogP contribution >= 0.6 is 12.6 Å². The Kier molecular flexibility index (Phi) is 6.90. The van der Waals surface area contributed by atoms with Crippen LogP contribution in [0.1, 0.15) is 6.92 Å². The first-order valence-corrected chi connectivity index (χ1v) is 4.40. The van der Waals surface area contributed by atoms with Crippen LogP contribution < -0.4 is 0 Å². The molecule has 1 heterocycles. The number of aliphatic hydroxyl groups is 1. The van der Waals surface area contributed by atoms with Gasteiger partial charge in [-0.2, -0.15) is 12.6 Å². The molecule has 0 aromatic carbocycles. The summed E-state index contributed by atoms with van der Waals surface area (Å²) in [5, 5.41) is 7.80. The zero-order valence-electron chi connectivity index (χ0n) is 7.29. The fourth-order valence-electron chi connectivity index (χ4n) is 0.593. The fraction of sp³-hybridized carbons (Fsp3) is 0.625. The first-order valence-electron chi connectivity index (χ1n) is 3.77. The van der Waals surface area contributed by atoms with Gasteiger partial charge in [0.1, 0.15) is 6.61 Å². The number of ether oxygens (including phenoxy) is 1. The molecule has 0 saturated heterocycles. The predicted molar refractivity (Wildman–Crippen MR) is 54.0 cm³/mol. The molecule has 12 heavy (non-hydrogen) atoms. The van der Waals surface area contributed by atoms with Crippen molar-refractivity contribution in [3.8, 4) is 0 Å². The molecule has 0 bridgehead atoms. The summed E-state index contributed by atoms with van der Waals surface area (Å²) >= 11 is 3.67. The Labute approximate surface area is 78.6 Å². The zero-order valence-corrected chi connectivity index (χ0v) is 8.18. The third-order valence-corrected chi connectivity index (χ3v) is 1.25. The molecule has 1 N–H and O–H groups in total. The highest BCUT2D eigenvalue weighted by atomic mass is 32.1. The number of nitrogens with zero attached hydrogens (tertiary/aromatic N) is 1. The number of hydrogen-bond acceptors (Lipinski definition) is 4. The Morgan fingerprint density at radius 1 is 1.83 bits per heavy atom. The SMILES string of the molecule is C=C(C)C1=NCCO1.OCCS. The number of thiol groups is 1. The molecule has 1 rings (SSSR count). The van der Waals surface area contributed by atoms with Gasteiger partial charge in [-0.05, 0) is 6.92 Å². The third-order valence-electron chi connectivity index (χ3n) is 1.05. The van der Waals surface area contributed by atoms with Crippen LogP contribution in [0.2, 0.25) is 0 Å². The molecular formula is C8H15NO2S. The van der Waals surface area contributed by atoms with E-state index in [0.717, 1.165) is 24.6 Å². The molecule has 0 radical (unpaired) electrons. The van der Waals surface area contributed by atoms with Gasteiger partial charge in [-0.1, -0.05) is 6.58 Å². The lowest BCUT2D eigenvalue weighted by atomic mass is 10.4. The van der Waals surface area contributed by atoms with Gasteiger partial charge in [-0.25, -0.2) is 4.99 Å². The highest BCUT2D eigenvalue weighted by Gasteiger charge is 2.05. The molecule has 70 valence electrons. The molecule has 0 fully saturated rings. The number of aliphatic imine (C=N–C) groups is 1. The fourth-order valence-corrected chi connectivity index (χ4v) is 0.593. The zero-order chi connectivity index (χ0) is 9.40. The van der Waals surface area contributed by atoms with Gasteiger partial charge in [0.25, 0.3) is 0 Å². The minimum Gasteiger partial charge on any atom is -0.476 e. The summed E-state index contributed by atoms with van der Waals surface area (Å²) in [6.45, 7) is 7.28. The molecule has 0 atom stereocenters. The standard InChI is InChI=1S/C6H9NO.C2H6OS/c1-5(2)6-7-3-4-8-6;3-1-2-4/h1,3-4H2,2H3;3-4H,1-2H2. The normalized spacial score (nSPS) is 14.1. The van der Waals surface area contributed by atoms with E-state index >= 15 is 0 Å². The lowest BCUT2D eigenvalue weighted by Gasteiger charge is -1.95. The van der Waals surface area contributed by atoms with E-state index in [1.807, 2.05) is 6.92 Å². The molecule has 0 aromatic rings. The van der Waals surface area contributed by atoms with Gasteiger partial charge < -0.3 is 9.84 Å². The van der Waals surface area contributed by atoms with Crippen molar-refractivity contribution < 1.29 is 9.84 Å². The van der Waals surface area contributed by atoms with Gasteiger partial charge in [0.05, 0.1) is 13.2 Å². The van der Waals surface area contributed by atoms with Gasteiger partial charge in [0.2, 0.25) is 5.90 Å². The summed E-state index contributed by atoms with van der Waals surface area (Å²) in [6.07, 6.45) is 0. The molecule has 4 heteroatoms. The van der Waals surface area contributed by atoms with Crippen LogP contribution in [-0.4, -0.2) is 36.5 Å². The second-order valence-corrected chi connectivity index (χ2v) is 2.71. The van der Waals surface area contributed by atoms with E-state index in [4.69, 9.17) is 9.84 Å². The molecule has 3 nitrogen and oxygen atoms in total. The monoisotopic (exact) mass is 189 g/mol. The predicted octanol–water partition coefficient (Wildman–Crippen LogP) is 0.900. The van der Waals surface area contributed by atoms with Gasteiger partial charge >= 0.3 is 0 Å². The minimum absolute atomic E-state index is 0.184. The summed E-state index contributed by atoms with van der Waals surface area (Å²) in [5.74, 6) is 1.30. The molecule has 0 unspecified atom stereocenters. The van der Waals surface area contributed by atoms with Gasteiger partial charge in [0.15, 0.2) is 0 Å². The quantitative estimate of drug-likeness (QED) is 0.634. The van der Waals surface area contributed by atoms with Crippen molar-refractivity contribution in [2.75, 3.05) is 25.5 Å². The summed E-state index contributed by atoms with van der Waals surface area (Å²) in [5.41, 5.74) is 0.919. The van der Waals surface area contributed by atoms with Gasteiger partial charge in [0, 0.05) is 11.3 Å². The molecule has 0 amide bonds. The van der Waals surface area contributed by atoms with Gasteiger partial charge in [-0.3, -0.25) is 0 Å². The van der Waals surface area contributed by atoms with E-state index in [-0.39, 0.29) is 6.61 Å². The Morgan fingerprint density at radius 2 is 2.42 bits per heavy atom. The molecule has 1 aliphatic heterocycles. The molecule has 0 saturated carbocycles. The van der Waals surface area contributed by atoms with Crippen molar-refractivity contribution >= 4 is 18.5 Å². The topological polar surface area (TPSA) is 41.8 Å². The highest BCUT2D eigenvalue weighted by molar-refractivity contribution is 7.80. The van der Waals surface area contributed by atoms with Crippen LogP contribution in [0.15, 0.2) is 17.1 Å². The highest BCUT2D eigenvalue weighted by Crippen LogP contribution is 2.00. The molecular weight excluding hydrogens is 174 g/mol. The average Bonchev–Trinajstić information content (AvgIpc) is 2.57. The van der Waals surface area contributed by atoms with E-state index in [0.29, 0.717) is 5.75 Å². The van der Waals surface area contributed by atoms with E-state index in [1.165, 1.54) is 0 Å². The van der Waals surface area contributed by atoms with Crippen molar-refractivity contribution in [3.05, 3.63) is 12.2 Å². The summed E-state index contributed by atoms with van der Waals surface area (Å²) < 4.78 is 5.06. The van der Waals surface area contributed by atoms with Crippen LogP contribution in [0.4, 0.5) is 0 Å². The number of hydrogen-bond donors (Lipinski definition) is 2. The van der Waals surface area contributed by atoms with Crippen LogP contribution in [0.3, 0.4) is 0 Å². The van der Waals surface area contributed by atoms with Crippen molar-refractivity contribution in [1.29, 1.82) is 0 Å². The molecule has 0 aliphatic carbocycles. The maximum atomic E-state index is 7.80. The van der Waals surface area contributed by atoms with E-state index in [2.05, 4.69) is 24.2 Å². The second kappa shape index (κ2) is 7.18. The van der Waals surface area contributed by atoms with E-state index in [9.17, 15) is 0 Å². The first kappa shape index (κ1) is 11.5. The average molecular weight is 189 g/mol. The Hall–Kier alpha value is -0.480. The van der Waals surface area contributed by atoms with Crippen molar-refractivity contribution in [1.82, 2.24) is 0 Å². The van der Waals surface area contributed by atoms with Crippen LogP contribution in [0.25, 0.3) is 0 Å². The largest absolute Gasteiger partial charge is 0.476 e. The van der Waals surface area contributed by atoms with Crippen LogP contribution in [-0.2, 0) is 4.74 Å². The Bertz CT molecular complexity index is 166. The number of aliphatic hydroxyl groups excluding tert-OH is 1. The first-order chi connectivity index (χ1) is 5.72. The molecule has 0 aromatic heterocycles. The smallest absolute Gasteiger partial charge is 0.211 e. The van der Waals surface area contributed by atoms with E-state index < -0.39 is 0 Å². The Balaban J connectivity index is 0.000000261. The van der Waals surface area contributed by atoms with Crippen molar-refractivity contribution in [2.24, 2.45) is 4.99 Å². The molecule has 1 aliphatic rings. The third kappa shape index (κ3) is 5.21. The van der Waals surface area contributed by atoms with E-state index in [1.54, 1.807) is 0 Å². The maximum absolute atomic E-state index is 7.80. The summed E-state index contributed by atoms with van der Waals surface area (Å²) in [6, 6.07) is 0. The van der Waals surface area contributed by atoms with Crippen molar-refractivity contribution in [2.45, 2.75) is 6.92 Å². The Morgan fingerprint density at radius 3 is 2.58 bits per heavy atom. The van der Waals surface area contributed by atoms with Crippen molar-refractivity contribution in [3.63, 3.8) is 0 Å². The summed E-state index contributed by atoms with van der Waals surface area (Å²) in [4.78, 5) is 4.03. The van der Waals surface area contributed by atoms with Crippen LogP contribution in [0, 0.1) is 0 Å². The van der Waals surface area contributed by atoms with Gasteiger partial charge in [-0.15, -0.1) is 0 Å². The molecule has 0 spiro atoms. The minimum atomic E-state index is 0.184. The van der Waals surface area contributed by atoms with Crippen LogP contribution in [0.5, 0.6) is 0 Å². The number of rotatable bonds is 2. The maximum Gasteiger partial charge on any atom is 0.211 e. The lowest BCUT2D eigenvalue weighted by Crippen LogP contribution is -1.97. The summed E-state index contributed by atoms with van der Waals surface area (Å²) in [7, 11) is 0. The second-order valence-electron chi connectivity index (χ2n) is 2.26. The lowest BCUT2D eigenvalue weighted by molar-refractivity contribution is 0.323.